The molecule has 0 aromatic heterocycles. The first-order chi connectivity index (χ1) is 9.66. The molecule has 0 saturated heterocycles. The maximum absolute atomic E-state index is 12.3. The summed E-state index contributed by atoms with van der Waals surface area (Å²) in [5.41, 5.74) is 2.97. The number of benzene rings is 2. The smallest absolute Gasteiger partial charge is 0.228 e. The van der Waals surface area contributed by atoms with Crippen LogP contribution in [0.2, 0.25) is 5.02 Å². The summed E-state index contributed by atoms with van der Waals surface area (Å²) in [6.07, 6.45) is 0.926. The van der Waals surface area contributed by atoms with Gasteiger partial charge in [0, 0.05) is 16.6 Å². The van der Waals surface area contributed by atoms with Gasteiger partial charge in [-0.15, -0.1) is 0 Å². The second kappa shape index (κ2) is 5.29. The summed E-state index contributed by atoms with van der Waals surface area (Å²) >= 11 is 6.07. The third-order valence-corrected chi connectivity index (χ3v) is 4.29. The predicted molar refractivity (Wildman–Crippen MR) is 82.1 cm³/mol. The van der Waals surface area contributed by atoms with Crippen LogP contribution in [0.1, 0.15) is 23.5 Å². The van der Waals surface area contributed by atoms with Crippen LogP contribution in [-0.2, 0) is 4.79 Å². The van der Waals surface area contributed by atoms with Gasteiger partial charge in [-0.1, -0.05) is 48.0 Å². The Kier molecular flexibility index (Phi) is 3.49. The second-order valence-electron chi connectivity index (χ2n) is 5.26. The Morgan fingerprint density at radius 1 is 1.15 bits per heavy atom. The summed E-state index contributed by atoms with van der Waals surface area (Å²) in [5, 5.41) is 3.67. The van der Waals surface area contributed by atoms with Crippen LogP contribution in [0.25, 0.3) is 0 Å². The molecule has 2 aromatic carbocycles. The molecule has 20 heavy (non-hydrogen) atoms. The first-order valence-corrected chi connectivity index (χ1v) is 7.15. The first-order valence-electron chi connectivity index (χ1n) is 6.77. The van der Waals surface area contributed by atoms with Crippen LogP contribution < -0.4 is 5.32 Å². The molecule has 2 atom stereocenters. The zero-order valence-electron chi connectivity index (χ0n) is 11.3. The third-order valence-electron chi connectivity index (χ3n) is 3.88. The van der Waals surface area contributed by atoms with Crippen molar-refractivity contribution in [3.8, 4) is 0 Å². The van der Waals surface area contributed by atoms with Gasteiger partial charge in [-0.3, -0.25) is 4.79 Å². The van der Waals surface area contributed by atoms with E-state index in [1.165, 1.54) is 5.56 Å². The molecule has 1 saturated carbocycles. The average Bonchev–Trinajstić information content (AvgIpc) is 3.25. The van der Waals surface area contributed by atoms with Gasteiger partial charge in [0.15, 0.2) is 0 Å². The summed E-state index contributed by atoms with van der Waals surface area (Å²) in [5.74, 6) is 0.524. The summed E-state index contributed by atoms with van der Waals surface area (Å²) in [6.45, 7) is 1.92. The van der Waals surface area contributed by atoms with E-state index >= 15 is 0 Å². The number of carbonyl (C=O) groups is 1. The van der Waals surface area contributed by atoms with E-state index in [-0.39, 0.29) is 11.8 Å². The highest BCUT2D eigenvalue weighted by Crippen LogP contribution is 2.48. The van der Waals surface area contributed by atoms with Gasteiger partial charge in [0.05, 0.1) is 0 Å². The SMILES string of the molecule is Cc1c(Cl)cccc1NC(=O)[C@H]1C[C@@H]1c1ccccc1. The van der Waals surface area contributed by atoms with Gasteiger partial charge in [0.2, 0.25) is 5.91 Å². The summed E-state index contributed by atoms with van der Waals surface area (Å²) in [4.78, 5) is 12.3. The Hall–Kier alpha value is -1.80. The number of rotatable bonds is 3. The molecule has 3 heteroatoms. The van der Waals surface area contributed by atoms with E-state index < -0.39 is 0 Å². The molecule has 102 valence electrons. The zero-order chi connectivity index (χ0) is 14.1. The van der Waals surface area contributed by atoms with Crippen LogP contribution in [0.4, 0.5) is 5.69 Å². The van der Waals surface area contributed by atoms with Crippen molar-refractivity contribution >= 4 is 23.2 Å². The van der Waals surface area contributed by atoms with Gasteiger partial charge in [-0.25, -0.2) is 0 Å². The number of hydrogen-bond acceptors (Lipinski definition) is 1. The molecule has 1 amide bonds. The van der Waals surface area contributed by atoms with E-state index in [2.05, 4.69) is 17.4 Å². The van der Waals surface area contributed by atoms with E-state index in [0.29, 0.717) is 10.9 Å². The lowest BCUT2D eigenvalue weighted by atomic mass is 10.1. The molecule has 2 aromatic rings. The molecule has 1 aliphatic carbocycles. The number of nitrogens with one attached hydrogen (secondary N) is 1. The van der Waals surface area contributed by atoms with Crippen molar-refractivity contribution in [2.75, 3.05) is 5.32 Å². The molecule has 1 aliphatic rings. The molecule has 0 heterocycles. The molecular formula is C17H16ClNO. The fraction of sp³-hybridized carbons (Fsp3) is 0.235. The monoisotopic (exact) mass is 285 g/mol. The summed E-state index contributed by atoms with van der Waals surface area (Å²) in [6, 6.07) is 15.8. The number of anilines is 1. The fourth-order valence-electron chi connectivity index (χ4n) is 2.52. The molecule has 1 fully saturated rings. The molecule has 0 unspecified atom stereocenters. The van der Waals surface area contributed by atoms with E-state index in [9.17, 15) is 4.79 Å². The van der Waals surface area contributed by atoms with Gasteiger partial charge in [0.1, 0.15) is 0 Å². The lowest BCUT2D eigenvalue weighted by Crippen LogP contribution is -2.15. The van der Waals surface area contributed by atoms with Crippen molar-refractivity contribution in [2.45, 2.75) is 19.3 Å². The van der Waals surface area contributed by atoms with E-state index in [1.54, 1.807) is 0 Å². The minimum absolute atomic E-state index is 0.0794. The molecule has 2 nitrogen and oxygen atoms in total. The first kappa shape index (κ1) is 13.2. The largest absolute Gasteiger partial charge is 0.326 e. The van der Waals surface area contributed by atoms with Gasteiger partial charge >= 0.3 is 0 Å². The van der Waals surface area contributed by atoms with Crippen LogP contribution >= 0.6 is 11.6 Å². The normalized spacial score (nSPS) is 20.5. The van der Waals surface area contributed by atoms with Crippen LogP contribution in [0.15, 0.2) is 48.5 Å². The zero-order valence-corrected chi connectivity index (χ0v) is 12.0. The molecule has 0 spiro atoms. The Bertz CT molecular complexity index is 639. The van der Waals surface area contributed by atoms with Gasteiger partial charge < -0.3 is 5.32 Å². The van der Waals surface area contributed by atoms with Crippen molar-refractivity contribution in [3.63, 3.8) is 0 Å². The van der Waals surface area contributed by atoms with E-state index in [1.807, 2.05) is 43.3 Å². The van der Waals surface area contributed by atoms with Crippen molar-refractivity contribution in [3.05, 3.63) is 64.7 Å². The topological polar surface area (TPSA) is 29.1 Å². The molecule has 3 rings (SSSR count). The summed E-state index contributed by atoms with van der Waals surface area (Å²) in [7, 11) is 0. The van der Waals surface area contributed by atoms with Crippen molar-refractivity contribution in [1.29, 1.82) is 0 Å². The Labute approximate surface area is 123 Å². The molecule has 0 aliphatic heterocycles. The Morgan fingerprint density at radius 2 is 1.90 bits per heavy atom. The van der Waals surface area contributed by atoms with Crippen LogP contribution in [0.3, 0.4) is 0 Å². The van der Waals surface area contributed by atoms with Crippen LogP contribution in [0, 0.1) is 12.8 Å². The van der Waals surface area contributed by atoms with Gasteiger partial charge in [0.25, 0.3) is 0 Å². The Balaban J connectivity index is 1.69. The number of amides is 1. The van der Waals surface area contributed by atoms with E-state index in [4.69, 9.17) is 11.6 Å². The molecule has 0 radical (unpaired) electrons. The molecule has 1 N–H and O–H groups in total. The number of halogens is 1. The Morgan fingerprint density at radius 3 is 2.65 bits per heavy atom. The van der Waals surface area contributed by atoms with Gasteiger partial charge in [-0.2, -0.15) is 0 Å². The second-order valence-corrected chi connectivity index (χ2v) is 5.67. The standard InChI is InChI=1S/C17H16ClNO/c1-11-15(18)8-5-9-16(11)19-17(20)14-10-13(14)12-6-3-2-4-7-12/h2-9,13-14H,10H2,1H3,(H,19,20)/t13-,14+/m1/s1. The maximum atomic E-state index is 12.3. The highest BCUT2D eigenvalue weighted by atomic mass is 35.5. The molecule has 0 bridgehead atoms. The lowest BCUT2D eigenvalue weighted by Gasteiger charge is -2.09. The third kappa shape index (κ3) is 2.56. The average molecular weight is 286 g/mol. The van der Waals surface area contributed by atoms with E-state index in [0.717, 1.165) is 17.7 Å². The highest BCUT2D eigenvalue weighted by Gasteiger charge is 2.43. The fourth-order valence-corrected chi connectivity index (χ4v) is 2.70. The highest BCUT2D eigenvalue weighted by molar-refractivity contribution is 6.31. The van der Waals surface area contributed by atoms with Gasteiger partial charge in [-0.05, 0) is 42.5 Å². The maximum Gasteiger partial charge on any atom is 0.228 e. The van der Waals surface area contributed by atoms with Crippen molar-refractivity contribution in [2.24, 2.45) is 5.92 Å². The van der Waals surface area contributed by atoms with Crippen molar-refractivity contribution < 1.29 is 4.79 Å². The number of hydrogen-bond donors (Lipinski definition) is 1. The van der Waals surface area contributed by atoms with Crippen LogP contribution in [0.5, 0.6) is 0 Å². The quantitative estimate of drug-likeness (QED) is 0.890. The predicted octanol–water partition coefficient (Wildman–Crippen LogP) is 4.39. The number of carbonyl (C=O) groups excluding carboxylic acids is 1. The van der Waals surface area contributed by atoms with Crippen LogP contribution in [-0.4, -0.2) is 5.91 Å². The lowest BCUT2D eigenvalue weighted by molar-refractivity contribution is -0.117. The summed E-state index contributed by atoms with van der Waals surface area (Å²) < 4.78 is 0. The van der Waals surface area contributed by atoms with Crippen molar-refractivity contribution in [1.82, 2.24) is 0 Å². The molecular weight excluding hydrogens is 270 g/mol. The minimum Gasteiger partial charge on any atom is -0.326 e. The minimum atomic E-state index is 0.0794.